The molecule has 7 heteroatoms. The van der Waals surface area contributed by atoms with E-state index >= 15 is 0 Å². The number of halogens is 1. The van der Waals surface area contributed by atoms with Crippen LogP contribution in [-0.2, 0) is 9.53 Å². The van der Waals surface area contributed by atoms with Gasteiger partial charge in [-0.2, -0.15) is 0 Å². The van der Waals surface area contributed by atoms with Gasteiger partial charge in [0.15, 0.2) is 11.9 Å². The van der Waals surface area contributed by atoms with E-state index in [-0.39, 0.29) is 0 Å². The van der Waals surface area contributed by atoms with Gasteiger partial charge in [-0.3, -0.25) is 0 Å². The van der Waals surface area contributed by atoms with E-state index in [1.165, 1.54) is 6.47 Å². The molecule has 16 heavy (non-hydrogen) atoms. The van der Waals surface area contributed by atoms with E-state index in [0.29, 0.717) is 16.4 Å². The largest absolute Gasteiger partial charge is 0.441 e. The molecule has 2 aromatic rings. The first-order valence-electron chi connectivity index (χ1n) is 4.33. The summed E-state index contributed by atoms with van der Waals surface area (Å²) in [4.78, 5) is 10.3. The molecule has 1 aromatic heterocycles. The van der Waals surface area contributed by atoms with Gasteiger partial charge < -0.3 is 4.74 Å². The van der Waals surface area contributed by atoms with Gasteiger partial charge in [0.2, 0.25) is 0 Å². The number of rotatable bonds is 4. The standard InChI is InChI=1S/C9H6ClN4O2/c10-7-3-1-2-6(4-7)8(16-5-15)9-11-13-14-12-9/h1-4,8H,(H,11,12,13,14). The molecule has 1 heterocycles. The maximum absolute atomic E-state index is 10.3. The third-order valence-corrected chi connectivity index (χ3v) is 2.16. The number of hydrogen-bond donors (Lipinski definition) is 1. The number of H-pyrrole nitrogens is 1. The van der Waals surface area contributed by atoms with Gasteiger partial charge in [0.25, 0.3) is 0 Å². The Bertz CT molecular complexity index is 474. The zero-order valence-electron chi connectivity index (χ0n) is 7.92. The smallest absolute Gasteiger partial charge is 0.418 e. The van der Waals surface area contributed by atoms with E-state index in [0.717, 1.165) is 0 Å². The van der Waals surface area contributed by atoms with Crippen LogP contribution in [-0.4, -0.2) is 27.1 Å². The molecule has 2 rings (SSSR count). The molecule has 6 nitrogen and oxygen atoms in total. The highest BCUT2D eigenvalue weighted by Crippen LogP contribution is 2.24. The molecule has 0 aliphatic carbocycles. The molecule has 0 saturated carbocycles. The maximum Gasteiger partial charge on any atom is 0.418 e. The first-order chi connectivity index (χ1) is 7.81. The normalized spacial score (nSPS) is 12.1. The lowest BCUT2D eigenvalue weighted by Crippen LogP contribution is -2.07. The van der Waals surface area contributed by atoms with Crippen LogP contribution in [0.2, 0.25) is 5.02 Å². The van der Waals surface area contributed by atoms with Crippen molar-refractivity contribution < 1.29 is 9.53 Å². The van der Waals surface area contributed by atoms with Crippen LogP contribution in [0.1, 0.15) is 17.5 Å². The Kier molecular flexibility index (Phi) is 3.11. The minimum atomic E-state index is -0.730. The summed E-state index contributed by atoms with van der Waals surface area (Å²) in [6.07, 6.45) is -0.730. The van der Waals surface area contributed by atoms with Gasteiger partial charge in [0.1, 0.15) is 0 Å². The van der Waals surface area contributed by atoms with Gasteiger partial charge in [0.05, 0.1) is 0 Å². The molecule has 0 amide bonds. The molecular formula is C9H6ClN4O2. The van der Waals surface area contributed by atoms with Crippen molar-refractivity contribution >= 4 is 18.1 Å². The molecule has 1 aromatic carbocycles. The number of hydrogen-bond acceptors (Lipinski definition) is 5. The lowest BCUT2D eigenvalue weighted by atomic mass is 10.1. The zero-order valence-corrected chi connectivity index (χ0v) is 8.68. The van der Waals surface area contributed by atoms with Crippen molar-refractivity contribution in [2.45, 2.75) is 6.10 Å². The summed E-state index contributed by atoms with van der Waals surface area (Å²) in [6, 6.07) is 6.86. The first-order valence-corrected chi connectivity index (χ1v) is 4.71. The number of aromatic amines is 1. The average molecular weight is 238 g/mol. The number of nitrogens with zero attached hydrogens (tertiary/aromatic N) is 3. The molecule has 0 spiro atoms. The van der Waals surface area contributed by atoms with E-state index in [4.69, 9.17) is 16.3 Å². The number of carbonyl (C=O) groups excluding carboxylic acids is 1. The molecule has 1 atom stereocenters. The second kappa shape index (κ2) is 4.71. The summed E-state index contributed by atoms with van der Waals surface area (Å²) in [5.74, 6) is 0.311. The fourth-order valence-corrected chi connectivity index (χ4v) is 1.48. The SMILES string of the molecule is O=[C]OC(c1cccc(Cl)c1)c1nnn[nH]1. The monoisotopic (exact) mass is 237 g/mol. The van der Waals surface area contributed by atoms with E-state index < -0.39 is 6.10 Å². The second-order valence-electron chi connectivity index (χ2n) is 2.92. The van der Waals surface area contributed by atoms with E-state index in [2.05, 4.69) is 20.6 Å². The van der Waals surface area contributed by atoms with Gasteiger partial charge in [-0.05, 0) is 22.6 Å². The highest BCUT2D eigenvalue weighted by atomic mass is 35.5. The fourth-order valence-electron chi connectivity index (χ4n) is 1.28. The Morgan fingerprint density at radius 2 is 2.38 bits per heavy atom. The van der Waals surface area contributed by atoms with E-state index in [1.54, 1.807) is 24.3 Å². The molecular weight excluding hydrogens is 232 g/mol. The first kappa shape index (κ1) is 10.6. The van der Waals surface area contributed by atoms with Crippen LogP contribution in [0, 0.1) is 0 Å². The van der Waals surface area contributed by atoms with Crippen molar-refractivity contribution in [2.75, 3.05) is 0 Å². The van der Waals surface area contributed by atoms with E-state index in [9.17, 15) is 4.79 Å². The number of nitrogens with one attached hydrogen (secondary N) is 1. The molecule has 81 valence electrons. The van der Waals surface area contributed by atoms with Gasteiger partial charge >= 0.3 is 6.47 Å². The number of tetrazole rings is 1. The van der Waals surface area contributed by atoms with Crippen LogP contribution in [0.15, 0.2) is 24.3 Å². The summed E-state index contributed by atoms with van der Waals surface area (Å²) in [6.45, 7) is 1.37. The quantitative estimate of drug-likeness (QED) is 0.859. The Hall–Kier alpha value is -1.95. The molecule has 0 saturated heterocycles. The zero-order chi connectivity index (χ0) is 11.4. The molecule has 1 N–H and O–H groups in total. The second-order valence-corrected chi connectivity index (χ2v) is 3.36. The summed E-state index contributed by atoms with van der Waals surface area (Å²) < 4.78 is 4.79. The Labute approximate surface area is 95.6 Å². The molecule has 0 bridgehead atoms. The van der Waals surface area contributed by atoms with Crippen LogP contribution in [0.25, 0.3) is 0 Å². The minimum Gasteiger partial charge on any atom is -0.441 e. The topological polar surface area (TPSA) is 80.8 Å². The Morgan fingerprint density at radius 3 is 3.00 bits per heavy atom. The van der Waals surface area contributed by atoms with Crippen LogP contribution in [0.5, 0.6) is 0 Å². The van der Waals surface area contributed by atoms with Crippen molar-refractivity contribution in [3.63, 3.8) is 0 Å². The van der Waals surface area contributed by atoms with Crippen molar-refractivity contribution in [1.29, 1.82) is 0 Å². The van der Waals surface area contributed by atoms with Crippen LogP contribution in [0.3, 0.4) is 0 Å². The molecule has 0 fully saturated rings. The Morgan fingerprint density at radius 1 is 1.50 bits per heavy atom. The molecule has 1 radical (unpaired) electrons. The van der Waals surface area contributed by atoms with E-state index in [1.807, 2.05) is 0 Å². The number of ether oxygens (including phenoxy) is 1. The third-order valence-electron chi connectivity index (χ3n) is 1.93. The summed E-state index contributed by atoms with van der Waals surface area (Å²) >= 11 is 5.83. The van der Waals surface area contributed by atoms with Crippen LogP contribution < -0.4 is 0 Å². The summed E-state index contributed by atoms with van der Waals surface area (Å²) in [7, 11) is 0. The van der Waals surface area contributed by atoms with Gasteiger partial charge in [-0.15, -0.1) is 5.10 Å². The van der Waals surface area contributed by atoms with Crippen molar-refractivity contribution in [2.24, 2.45) is 0 Å². The van der Waals surface area contributed by atoms with Crippen molar-refractivity contribution in [1.82, 2.24) is 20.6 Å². The van der Waals surface area contributed by atoms with Gasteiger partial charge in [-0.25, -0.2) is 9.89 Å². The fraction of sp³-hybridized carbons (Fsp3) is 0.111. The minimum absolute atomic E-state index is 0.311. The predicted molar refractivity (Wildman–Crippen MR) is 54.3 cm³/mol. The average Bonchev–Trinajstić information content (AvgIpc) is 2.79. The van der Waals surface area contributed by atoms with Gasteiger partial charge in [-0.1, -0.05) is 23.7 Å². The lowest BCUT2D eigenvalue weighted by Gasteiger charge is -2.11. The highest BCUT2D eigenvalue weighted by Gasteiger charge is 2.19. The number of aromatic nitrogens is 4. The third kappa shape index (κ3) is 2.17. The van der Waals surface area contributed by atoms with Crippen LogP contribution in [0.4, 0.5) is 0 Å². The highest BCUT2D eigenvalue weighted by molar-refractivity contribution is 6.30. The predicted octanol–water partition coefficient (Wildman–Crippen LogP) is 1.03. The molecule has 0 aliphatic heterocycles. The summed E-state index contributed by atoms with van der Waals surface area (Å²) in [5, 5.41) is 13.5. The molecule has 0 aliphatic rings. The number of benzene rings is 1. The van der Waals surface area contributed by atoms with Crippen LogP contribution >= 0.6 is 11.6 Å². The summed E-state index contributed by atoms with van der Waals surface area (Å²) in [5.41, 5.74) is 0.661. The molecule has 1 unspecified atom stereocenters. The van der Waals surface area contributed by atoms with Gasteiger partial charge in [0, 0.05) is 10.6 Å². The van der Waals surface area contributed by atoms with Crippen molar-refractivity contribution in [3.05, 3.63) is 40.7 Å². The lowest BCUT2D eigenvalue weighted by molar-refractivity contribution is 0.207. The Balaban J connectivity index is 2.36. The van der Waals surface area contributed by atoms with Crippen molar-refractivity contribution in [3.8, 4) is 0 Å². The maximum atomic E-state index is 10.3.